The van der Waals surface area contributed by atoms with Crippen LogP contribution in [0.3, 0.4) is 0 Å². The lowest BCUT2D eigenvalue weighted by Crippen LogP contribution is -2.11. The maximum atomic E-state index is 12.1. The molecule has 10 heteroatoms. The number of aromatic nitrogens is 1. The molecule has 0 fully saturated rings. The van der Waals surface area contributed by atoms with Gasteiger partial charge in [0.15, 0.2) is 0 Å². The number of carbonyl (C=O) groups excluding carboxylic acids is 1. The topological polar surface area (TPSA) is 85.6 Å². The van der Waals surface area contributed by atoms with E-state index in [1.165, 1.54) is 19.2 Å². The summed E-state index contributed by atoms with van der Waals surface area (Å²) in [6, 6.07) is 18.7. The summed E-state index contributed by atoms with van der Waals surface area (Å²) in [7, 11) is 1.28. The van der Waals surface area contributed by atoms with Gasteiger partial charge in [-0.1, -0.05) is 57.3 Å². The third-order valence-corrected chi connectivity index (χ3v) is 6.42. The first-order valence-corrected chi connectivity index (χ1v) is 12.0. The van der Waals surface area contributed by atoms with E-state index in [1.54, 1.807) is 0 Å². The molecule has 0 spiro atoms. The number of aryl methyl sites for hydroxylation is 1. The van der Waals surface area contributed by atoms with Gasteiger partial charge in [0, 0.05) is 26.1 Å². The van der Waals surface area contributed by atoms with Crippen LogP contribution >= 0.6 is 39.1 Å². The van der Waals surface area contributed by atoms with E-state index in [4.69, 9.17) is 36.4 Å². The minimum Gasteiger partial charge on any atom is -0.465 e. The zero-order valence-corrected chi connectivity index (χ0v) is 21.8. The third-order valence-electron chi connectivity index (χ3n) is 5.22. The van der Waals surface area contributed by atoms with Gasteiger partial charge in [-0.3, -0.25) is 0 Å². The average molecular weight is 583 g/mol. The van der Waals surface area contributed by atoms with Crippen LogP contribution in [0.25, 0.3) is 16.6 Å². The van der Waals surface area contributed by atoms with Crippen LogP contribution in [0.2, 0.25) is 10.0 Å². The van der Waals surface area contributed by atoms with E-state index in [1.807, 2.05) is 60.0 Å². The van der Waals surface area contributed by atoms with E-state index in [0.717, 1.165) is 26.6 Å². The third kappa shape index (κ3) is 5.11. The second-order valence-electron chi connectivity index (χ2n) is 7.18. The van der Waals surface area contributed by atoms with Crippen molar-refractivity contribution in [3.8, 4) is 5.69 Å². The second kappa shape index (κ2) is 11.3. The molecule has 0 aliphatic heterocycles. The summed E-state index contributed by atoms with van der Waals surface area (Å²) in [4.78, 5) is 12.1. The van der Waals surface area contributed by atoms with Crippen LogP contribution in [0, 0.1) is 6.92 Å². The molecule has 4 rings (SSSR count). The lowest BCUT2D eigenvalue weighted by atomic mass is 10.0. The summed E-state index contributed by atoms with van der Waals surface area (Å²) in [5, 5.41) is 12.8. The predicted octanol–water partition coefficient (Wildman–Crippen LogP) is 6.21. The smallest absolute Gasteiger partial charge is 0.339 e. The summed E-state index contributed by atoms with van der Waals surface area (Å²) >= 11 is 15.8. The Bertz CT molecular complexity index is 1400. The van der Waals surface area contributed by atoms with Crippen LogP contribution in [-0.4, -0.2) is 31.2 Å². The number of aliphatic hydroxyl groups is 1. The van der Waals surface area contributed by atoms with Crippen LogP contribution < -0.4 is 0 Å². The van der Waals surface area contributed by atoms with Crippen LogP contribution in [0.5, 0.6) is 0 Å². The van der Waals surface area contributed by atoms with Gasteiger partial charge in [0.1, 0.15) is 6.10 Å². The molecule has 0 bridgehead atoms. The van der Waals surface area contributed by atoms with Gasteiger partial charge < -0.3 is 14.4 Å². The Morgan fingerprint density at radius 2 is 1.74 bits per heavy atom. The zero-order valence-electron chi connectivity index (χ0n) is 17.9. The Morgan fingerprint density at radius 3 is 2.35 bits per heavy atom. The highest BCUT2D eigenvalue weighted by molar-refractivity contribution is 9.10. The lowest BCUT2D eigenvalue weighted by Gasteiger charge is -2.19. The highest BCUT2D eigenvalue weighted by atomic mass is 79.9. The minimum absolute atomic E-state index is 0.0645. The molecule has 1 heterocycles. The fraction of sp³-hybridized carbons (Fsp3) is 0.125. The number of rotatable bonds is 4. The number of nitrogens with zero attached hydrogens (tertiary/aromatic N) is 1. The standard InChI is InChI=1S/C24H18BrCl2NO3.O2S/c1-13-10-14(25)11-19-17(13)12-20(28(19)15-6-4-3-5-7-15)23(29)21-18(26)9-8-16(22(21)27)24(30)31-2;1-3-2/h3-12,23,29H,1-2H3;. The van der Waals surface area contributed by atoms with Crippen molar-refractivity contribution in [2.24, 2.45) is 0 Å². The molecule has 176 valence electrons. The molecule has 0 saturated carbocycles. The molecule has 0 amide bonds. The number of benzene rings is 3. The fourth-order valence-electron chi connectivity index (χ4n) is 3.76. The fourth-order valence-corrected chi connectivity index (χ4v) is 4.98. The maximum absolute atomic E-state index is 12.1. The first-order valence-electron chi connectivity index (χ1n) is 9.78. The molecule has 4 aromatic rings. The van der Waals surface area contributed by atoms with Crippen LogP contribution in [0.4, 0.5) is 0 Å². The van der Waals surface area contributed by atoms with Crippen LogP contribution in [-0.2, 0) is 16.3 Å². The van der Waals surface area contributed by atoms with E-state index in [0.29, 0.717) is 5.69 Å². The van der Waals surface area contributed by atoms with E-state index in [2.05, 4.69) is 15.9 Å². The molecular formula is C24H18BrCl2NO5S. The molecule has 0 radical (unpaired) electrons. The minimum atomic E-state index is -1.18. The molecule has 0 saturated heterocycles. The van der Waals surface area contributed by atoms with E-state index in [9.17, 15) is 9.90 Å². The van der Waals surface area contributed by atoms with E-state index >= 15 is 0 Å². The number of carbonyl (C=O) groups is 1. The largest absolute Gasteiger partial charge is 0.465 e. The highest BCUT2D eigenvalue weighted by Crippen LogP contribution is 2.40. The number of hydrogen-bond acceptors (Lipinski definition) is 5. The molecule has 1 N–H and O–H groups in total. The maximum Gasteiger partial charge on any atom is 0.339 e. The SMILES string of the molecule is COC(=O)c1ccc(Cl)c(C(O)c2cc3c(C)cc(Br)cc3n2-c2ccccc2)c1Cl.O=S=O. The summed E-state index contributed by atoms with van der Waals surface area (Å²) in [5.74, 6) is -0.599. The van der Waals surface area contributed by atoms with Gasteiger partial charge in [0.05, 0.1) is 28.9 Å². The number of methoxy groups -OCH3 is 1. The lowest BCUT2D eigenvalue weighted by molar-refractivity contribution is 0.0600. The van der Waals surface area contributed by atoms with Crippen LogP contribution in [0.15, 0.2) is 65.1 Å². The summed E-state index contributed by atoms with van der Waals surface area (Å²) in [5.41, 5.74) is 3.82. The van der Waals surface area contributed by atoms with Crippen LogP contribution in [0.1, 0.15) is 33.3 Å². The molecular weight excluding hydrogens is 565 g/mol. The van der Waals surface area contributed by atoms with Crippen molar-refractivity contribution in [1.29, 1.82) is 0 Å². The summed E-state index contributed by atoms with van der Waals surface area (Å²) in [6.45, 7) is 2.01. The Kier molecular flexibility index (Phi) is 8.67. The van der Waals surface area contributed by atoms with Gasteiger partial charge in [0.25, 0.3) is 0 Å². The van der Waals surface area contributed by atoms with Crippen molar-refractivity contribution in [3.63, 3.8) is 0 Å². The molecule has 34 heavy (non-hydrogen) atoms. The number of ether oxygens (including phenoxy) is 1. The Morgan fingerprint density at radius 1 is 1.09 bits per heavy atom. The molecule has 3 aromatic carbocycles. The monoisotopic (exact) mass is 581 g/mol. The van der Waals surface area contributed by atoms with Gasteiger partial charge >= 0.3 is 17.5 Å². The normalized spacial score (nSPS) is 11.5. The molecule has 0 aliphatic carbocycles. The number of para-hydroxylation sites is 1. The average Bonchev–Trinajstić information content (AvgIpc) is 3.19. The van der Waals surface area contributed by atoms with Crippen molar-refractivity contribution >= 4 is 67.6 Å². The van der Waals surface area contributed by atoms with Gasteiger partial charge in [0.2, 0.25) is 0 Å². The van der Waals surface area contributed by atoms with Crippen molar-refractivity contribution in [1.82, 2.24) is 4.57 Å². The predicted molar refractivity (Wildman–Crippen MR) is 136 cm³/mol. The zero-order chi connectivity index (χ0) is 25.0. The molecule has 6 nitrogen and oxygen atoms in total. The number of halogens is 3. The summed E-state index contributed by atoms with van der Waals surface area (Å²) < 4.78 is 24.3. The Labute approximate surface area is 217 Å². The Hall–Kier alpha value is -2.49. The van der Waals surface area contributed by atoms with Gasteiger partial charge in [-0.05, 0) is 55.0 Å². The first kappa shape index (κ1) is 26.1. The van der Waals surface area contributed by atoms with E-state index in [-0.39, 0.29) is 21.2 Å². The van der Waals surface area contributed by atoms with Gasteiger partial charge in [-0.15, -0.1) is 0 Å². The molecule has 1 aromatic heterocycles. The number of fused-ring (bicyclic) bond motifs is 1. The van der Waals surface area contributed by atoms with Gasteiger partial charge in [-0.25, -0.2) is 4.79 Å². The molecule has 1 atom stereocenters. The van der Waals surface area contributed by atoms with Gasteiger partial charge in [-0.2, -0.15) is 8.42 Å². The number of hydrogen-bond donors (Lipinski definition) is 1. The van der Waals surface area contributed by atoms with Crippen molar-refractivity contribution in [2.45, 2.75) is 13.0 Å². The number of aliphatic hydroxyl groups excluding tert-OH is 1. The highest BCUT2D eigenvalue weighted by Gasteiger charge is 2.27. The Balaban J connectivity index is 0.00000103. The quantitative estimate of drug-likeness (QED) is 0.289. The van der Waals surface area contributed by atoms with E-state index < -0.39 is 23.6 Å². The second-order valence-corrected chi connectivity index (χ2v) is 9.02. The first-order chi connectivity index (χ1) is 16.2. The molecule has 1 unspecified atom stereocenters. The van der Waals surface area contributed by atoms with Crippen molar-refractivity contribution in [3.05, 3.63) is 97.6 Å². The molecule has 0 aliphatic rings. The summed E-state index contributed by atoms with van der Waals surface area (Å²) in [6.07, 6.45) is -1.18. The van der Waals surface area contributed by atoms with Crippen molar-refractivity contribution < 1.29 is 23.1 Å². The number of esters is 1. The van der Waals surface area contributed by atoms with Crippen molar-refractivity contribution in [2.75, 3.05) is 7.11 Å².